The molecule has 0 aliphatic heterocycles. The molecule has 0 aliphatic rings. The first-order valence-electron chi connectivity index (χ1n) is 3.04. The van der Waals surface area contributed by atoms with E-state index in [9.17, 15) is 0 Å². The van der Waals surface area contributed by atoms with E-state index >= 15 is 0 Å². The first-order valence-corrected chi connectivity index (χ1v) is 3.04. The topological polar surface area (TPSA) is 29.5 Å². The van der Waals surface area contributed by atoms with Crippen LogP contribution in [0.5, 0.6) is 0 Å². The second-order valence-electron chi connectivity index (χ2n) is 2.80. The van der Waals surface area contributed by atoms with Crippen molar-refractivity contribution in [2.45, 2.75) is 0 Å². The molecule has 0 amide bonds. The van der Waals surface area contributed by atoms with Gasteiger partial charge in [-0.15, -0.1) is 0 Å². The van der Waals surface area contributed by atoms with E-state index < -0.39 is 0 Å². The van der Waals surface area contributed by atoms with Gasteiger partial charge in [-0.1, -0.05) is 0 Å². The molecule has 1 N–H and O–H groups in total. The van der Waals surface area contributed by atoms with Crippen LogP contribution >= 0.6 is 0 Å². The molecule has 0 radical (unpaired) electrons. The van der Waals surface area contributed by atoms with Gasteiger partial charge in [0, 0.05) is 7.11 Å². The Morgan fingerprint density at radius 2 is 2.00 bits per heavy atom. The van der Waals surface area contributed by atoms with Crippen molar-refractivity contribution in [3.05, 3.63) is 0 Å². The zero-order valence-electron chi connectivity index (χ0n) is 6.42. The predicted octanol–water partition coefficient (Wildman–Crippen LogP) is -0.341. The van der Waals surface area contributed by atoms with Crippen LogP contribution in [0.3, 0.4) is 0 Å². The number of ether oxygens (including phenoxy) is 1. The van der Waals surface area contributed by atoms with Crippen molar-refractivity contribution < 1.29 is 14.3 Å². The van der Waals surface area contributed by atoms with Crippen LogP contribution < -0.4 is 0 Å². The van der Waals surface area contributed by atoms with Crippen molar-refractivity contribution in [2.75, 3.05) is 41.1 Å². The summed E-state index contributed by atoms with van der Waals surface area (Å²) in [7, 11) is 5.69. The molecule has 0 saturated carbocycles. The van der Waals surface area contributed by atoms with Gasteiger partial charge in [-0.2, -0.15) is 0 Å². The summed E-state index contributed by atoms with van der Waals surface area (Å²) in [4.78, 5) is 0. The normalized spacial score (nSPS) is 12.0. The van der Waals surface area contributed by atoms with Crippen molar-refractivity contribution in [1.29, 1.82) is 0 Å². The number of aliphatic hydroxyl groups excluding tert-OH is 1. The minimum atomic E-state index is 0.219. The molecule has 56 valence electrons. The molecule has 0 atom stereocenters. The van der Waals surface area contributed by atoms with E-state index in [1.165, 1.54) is 0 Å². The highest BCUT2D eigenvalue weighted by molar-refractivity contribution is 4.22. The monoisotopic (exact) mass is 134 g/mol. The number of rotatable bonds is 4. The number of hydrogen-bond acceptors (Lipinski definition) is 2. The zero-order chi connectivity index (χ0) is 7.33. The maximum Gasteiger partial charge on any atom is 0.182 e. The lowest BCUT2D eigenvalue weighted by atomic mass is 10.5. The van der Waals surface area contributed by atoms with Crippen LogP contribution in [0.4, 0.5) is 0 Å². The third kappa shape index (κ3) is 4.39. The fourth-order valence-corrected chi connectivity index (χ4v) is 0.685. The maximum atomic E-state index is 8.56. The van der Waals surface area contributed by atoms with E-state index in [-0.39, 0.29) is 6.61 Å². The third-order valence-electron chi connectivity index (χ3n) is 1.18. The standard InChI is InChI=1S/C6H16NO2/c1-7(2,4-5-8)6-9-3/h8H,4-6H2,1-3H3/q+1. The van der Waals surface area contributed by atoms with E-state index in [2.05, 4.69) is 0 Å². The molecule has 0 bridgehead atoms. The van der Waals surface area contributed by atoms with Crippen LogP contribution in [-0.2, 0) is 4.74 Å². The second kappa shape index (κ2) is 3.82. The second-order valence-corrected chi connectivity index (χ2v) is 2.80. The Morgan fingerprint density at radius 3 is 2.33 bits per heavy atom. The van der Waals surface area contributed by atoms with Crippen molar-refractivity contribution in [3.8, 4) is 0 Å². The molecule has 3 heteroatoms. The summed E-state index contributed by atoms with van der Waals surface area (Å²) < 4.78 is 5.64. The van der Waals surface area contributed by atoms with Gasteiger partial charge in [0.25, 0.3) is 0 Å². The van der Waals surface area contributed by atoms with E-state index in [0.29, 0.717) is 11.2 Å². The highest BCUT2D eigenvalue weighted by Gasteiger charge is 2.11. The van der Waals surface area contributed by atoms with E-state index in [4.69, 9.17) is 9.84 Å². The van der Waals surface area contributed by atoms with Gasteiger partial charge in [-0.25, -0.2) is 0 Å². The lowest BCUT2D eigenvalue weighted by molar-refractivity contribution is -0.909. The average Bonchev–Trinajstić information content (AvgIpc) is 1.64. The Balaban J connectivity index is 3.43. The molecule has 0 aromatic rings. The molecular formula is C6H16NO2+. The number of methoxy groups -OCH3 is 1. The van der Waals surface area contributed by atoms with Crippen LogP contribution in [0.2, 0.25) is 0 Å². The highest BCUT2D eigenvalue weighted by Crippen LogP contribution is 1.93. The number of quaternary nitrogens is 1. The summed E-state index contributed by atoms with van der Waals surface area (Å²) in [6.07, 6.45) is 0. The van der Waals surface area contributed by atoms with Gasteiger partial charge in [0.1, 0.15) is 6.54 Å². The first-order chi connectivity index (χ1) is 4.12. The average molecular weight is 134 g/mol. The van der Waals surface area contributed by atoms with Gasteiger partial charge in [-0.3, -0.25) is 0 Å². The summed E-state index contributed by atoms with van der Waals surface area (Å²) >= 11 is 0. The van der Waals surface area contributed by atoms with Gasteiger partial charge < -0.3 is 14.3 Å². The predicted molar refractivity (Wildman–Crippen MR) is 35.9 cm³/mol. The van der Waals surface area contributed by atoms with Crippen LogP contribution in [-0.4, -0.2) is 50.7 Å². The molecule has 0 spiro atoms. The van der Waals surface area contributed by atoms with Crippen LogP contribution in [0.15, 0.2) is 0 Å². The van der Waals surface area contributed by atoms with Gasteiger partial charge in [0.05, 0.1) is 20.7 Å². The summed E-state index contributed by atoms with van der Waals surface area (Å²) in [5, 5.41) is 8.56. The molecular weight excluding hydrogens is 118 g/mol. The Kier molecular flexibility index (Phi) is 3.77. The minimum absolute atomic E-state index is 0.219. The van der Waals surface area contributed by atoms with Crippen molar-refractivity contribution in [3.63, 3.8) is 0 Å². The van der Waals surface area contributed by atoms with Crippen molar-refractivity contribution in [1.82, 2.24) is 0 Å². The van der Waals surface area contributed by atoms with Crippen LogP contribution in [0.25, 0.3) is 0 Å². The largest absolute Gasteiger partial charge is 0.391 e. The molecule has 0 heterocycles. The molecule has 0 unspecified atom stereocenters. The summed E-state index contributed by atoms with van der Waals surface area (Å²) in [6.45, 7) is 1.62. The molecule has 0 aromatic heterocycles. The Morgan fingerprint density at radius 1 is 1.44 bits per heavy atom. The van der Waals surface area contributed by atoms with Gasteiger partial charge in [0.15, 0.2) is 6.73 Å². The summed E-state index contributed by atoms with van der Waals surface area (Å²) in [5.74, 6) is 0. The minimum Gasteiger partial charge on any atom is -0.391 e. The molecule has 0 aliphatic carbocycles. The molecule has 0 aromatic carbocycles. The van der Waals surface area contributed by atoms with E-state index in [1.54, 1.807) is 7.11 Å². The maximum absolute atomic E-state index is 8.56. The third-order valence-corrected chi connectivity index (χ3v) is 1.18. The van der Waals surface area contributed by atoms with E-state index in [0.717, 1.165) is 6.54 Å². The fraction of sp³-hybridized carbons (Fsp3) is 1.00. The fourth-order valence-electron chi connectivity index (χ4n) is 0.685. The lowest BCUT2D eigenvalue weighted by Crippen LogP contribution is -2.43. The summed E-state index contributed by atoms with van der Waals surface area (Å²) in [5.41, 5.74) is 0. The van der Waals surface area contributed by atoms with Crippen molar-refractivity contribution >= 4 is 0 Å². The van der Waals surface area contributed by atoms with Crippen molar-refractivity contribution in [2.24, 2.45) is 0 Å². The number of nitrogens with zero attached hydrogens (tertiary/aromatic N) is 1. The SMILES string of the molecule is COC[N+](C)(C)CCO. The summed E-state index contributed by atoms with van der Waals surface area (Å²) in [6, 6.07) is 0. The Labute approximate surface area is 56.4 Å². The molecule has 9 heavy (non-hydrogen) atoms. The first kappa shape index (κ1) is 8.88. The number of hydrogen-bond donors (Lipinski definition) is 1. The molecule has 0 saturated heterocycles. The Hall–Kier alpha value is -0.120. The number of aliphatic hydroxyl groups is 1. The molecule has 0 fully saturated rings. The molecule has 3 nitrogen and oxygen atoms in total. The van der Waals surface area contributed by atoms with E-state index in [1.807, 2.05) is 14.1 Å². The highest BCUT2D eigenvalue weighted by atomic mass is 16.5. The van der Waals surface area contributed by atoms with Crippen LogP contribution in [0.1, 0.15) is 0 Å². The quantitative estimate of drug-likeness (QED) is 0.421. The van der Waals surface area contributed by atoms with Gasteiger partial charge in [-0.05, 0) is 0 Å². The smallest absolute Gasteiger partial charge is 0.182 e. The number of likely N-dealkylation sites (N-methyl/N-ethyl adjacent to an activating group) is 1. The Bertz CT molecular complexity index is 65.5. The van der Waals surface area contributed by atoms with Crippen LogP contribution in [0, 0.1) is 0 Å². The lowest BCUT2D eigenvalue weighted by Gasteiger charge is -2.27. The zero-order valence-corrected chi connectivity index (χ0v) is 6.42. The van der Waals surface area contributed by atoms with Gasteiger partial charge >= 0.3 is 0 Å². The van der Waals surface area contributed by atoms with Gasteiger partial charge in [0.2, 0.25) is 0 Å². The molecule has 0 rings (SSSR count).